The van der Waals surface area contributed by atoms with E-state index in [-0.39, 0.29) is 18.1 Å². The minimum atomic E-state index is -0.482. The summed E-state index contributed by atoms with van der Waals surface area (Å²) >= 11 is 0. The smallest absolute Gasteiger partial charge is 0.269 e. The monoisotopic (exact) mass is 287 g/mol. The first kappa shape index (κ1) is 14.4. The van der Waals surface area contributed by atoms with E-state index in [0.29, 0.717) is 16.8 Å². The maximum atomic E-state index is 12.0. The number of nitro groups is 1. The summed E-state index contributed by atoms with van der Waals surface area (Å²) in [5.74, 6) is 4.95. The lowest BCUT2D eigenvalue weighted by molar-refractivity contribution is -0.384. The minimum absolute atomic E-state index is 0.0185. The molecule has 2 rings (SSSR count). The van der Waals surface area contributed by atoms with Crippen LogP contribution in [0.4, 0.5) is 11.4 Å². The number of nitrogen functional groups attached to an aromatic ring is 1. The van der Waals surface area contributed by atoms with E-state index in [0.717, 1.165) is 0 Å². The molecule has 0 unspecified atom stereocenters. The first-order valence-electron chi connectivity index (χ1n) is 6.04. The van der Waals surface area contributed by atoms with Crippen molar-refractivity contribution >= 4 is 17.3 Å². The SMILES string of the molecule is NNc1cnccc1C(=O)NCc1cccc([N+](=O)[O-])c1. The molecule has 0 saturated heterocycles. The molecule has 1 amide bonds. The number of hydrogen-bond acceptors (Lipinski definition) is 6. The number of anilines is 1. The van der Waals surface area contributed by atoms with Crippen molar-refractivity contribution in [2.45, 2.75) is 6.54 Å². The zero-order valence-electron chi connectivity index (χ0n) is 10.9. The van der Waals surface area contributed by atoms with Crippen molar-refractivity contribution in [3.05, 3.63) is 64.0 Å². The van der Waals surface area contributed by atoms with Crippen LogP contribution in [-0.2, 0) is 6.54 Å². The van der Waals surface area contributed by atoms with Gasteiger partial charge in [0.15, 0.2) is 0 Å². The summed E-state index contributed by atoms with van der Waals surface area (Å²) in [7, 11) is 0. The van der Waals surface area contributed by atoms with E-state index in [4.69, 9.17) is 5.84 Å². The van der Waals surface area contributed by atoms with E-state index in [2.05, 4.69) is 15.7 Å². The number of rotatable bonds is 5. The van der Waals surface area contributed by atoms with E-state index in [1.165, 1.54) is 30.6 Å². The van der Waals surface area contributed by atoms with Gasteiger partial charge in [-0.05, 0) is 11.6 Å². The third-order valence-corrected chi connectivity index (χ3v) is 2.80. The molecular formula is C13H13N5O3. The number of hydrazine groups is 1. The van der Waals surface area contributed by atoms with Crippen LogP contribution in [0.2, 0.25) is 0 Å². The van der Waals surface area contributed by atoms with Gasteiger partial charge >= 0.3 is 0 Å². The van der Waals surface area contributed by atoms with Crippen LogP contribution in [0.1, 0.15) is 15.9 Å². The minimum Gasteiger partial charge on any atom is -0.348 e. The maximum absolute atomic E-state index is 12.0. The number of carbonyl (C=O) groups is 1. The molecule has 0 fully saturated rings. The molecule has 8 heteroatoms. The topological polar surface area (TPSA) is 123 Å². The van der Waals surface area contributed by atoms with Crippen molar-refractivity contribution in [1.29, 1.82) is 0 Å². The third kappa shape index (κ3) is 3.51. The van der Waals surface area contributed by atoms with Crippen LogP contribution in [0.5, 0.6) is 0 Å². The highest BCUT2D eigenvalue weighted by molar-refractivity contribution is 5.99. The first-order valence-corrected chi connectivity index (χ1v) is 6.04. The fourth-order valence-corrected chi connectivity index (χ4v) is 1.77. The van der Waals surface area contributed by atoms with Crippen molar-refractivity contribution in [3.63, 3.8) is 0 Å². The van der Waals surface area contributed by atoms with E-state index < -0.39 is 4.92 Å². The van der Waals surface area contributed by atoms with Crippen molar-refractivity contribution in [2.24, 2.45) is 5.84 Å². The lowest BCUT2D eigenvalue weighted by Gasteiger charge is -2.09. The second-order valence-electron chi connectivity index (χ2n) is 4.18. The predicted octanol–water partition coefficient (Wildman–Crippen LogP) is 1.21. The second-order valence-corrected chi connectivity index (χ2v) is 4.18. The Kier molecular flexibility index (Phi) is 4.42. The summed E-state index contributed by atoms with van der Waals surface area (Å²) in [6.45, 7) is 0.173. The largest absolute Gasteiger partial charge is 0.348 e. The lowest BCUT2D eigenvalue weighted by Crippen LogP contribution is -2.24. The summed E-state index contributed by atoms with van der Waals surface area (Å²) in [5, 5.41) is 13.4. The van der Waals surface area contributed by atoms with Gasteiger partial charge in [0.05, 0.1) is 22.4 Å². The van der Waals surface area contributed by atoms with Gasteiger partial charge in [-0.25, -0.2) is 0 Å². The molecule has 21 heavy (non-hydrogen) atoms. The van der Waals surface area contributed by atoms with Gasteiger partial charge in [0, 0.05) is 24.9 Å². The molecule has 1 aromatic heterocycles. The molecule has 0 bridgehead atoms. The Labute approximate surface area is 120 Å². The fourth-order valence-electron chi connectivity index (χ4n) is 1.77. The van der Waals surface area contributed by atoms with Crippen LogP contribution in [-0.4, -0.2) is 15.8 Å². The molecule has 1 heterocycles. The molecule has 1 aromatic carbocycles. The molecule has 2 aromatic rings. The molecule has 0 aliphatic rings. The molecule has 0 saturated carbocycles. The van der Waals surface area contributed by atoms with Gasteiger partial charge in [0.2, 0.25) is 0 Å². The van der Waals surface area contributed by atoms with Crippen LogP contribution in [0.3, 0.4) is 0 Å². The Morgan fingerprint density at radius 3 is 2.90 bits per heavy atom. The van der Waals surface area contributed by atoms with Gasteiger partial charge in [-0.3, -0.25) is 25.7 Å². The Morgan fingerprint density at radius 2 is 2.19 bits per heavy atom. The van der Waals surface area contributed by atoms with E-state index in [1.807, 2.05) is 0 Å². The fraction of sp³-hybridized carbons (Fsp3) is 0.0769. The molecule has 0 spiro atoms. The Bertz CT molecular complexity index is 674. The molecule has 0 atom stereocenters. The quantitative estimate of drug-likeness (QED) is 0.431. The number of nitrogens with zero attached hydrogens (tertiary/aromatic N) is 2. The number of nitrogens with one attached hydrogen (secondary N) is 2. The van der Waals surface area contributed by atoms with Gasteiger partial charge < -0.3 is 10.7 Å². The first-order chi connectivity index (χ1) is 10.1. The van der Waals surface area contributed by atoms with Gasteiger partial charge in [-0.2, -0.15) is 0 Å². The molecule has 4 N–H and O–H groups in total. The summed E-state index contributed by atoms with van der Waals surface area (Å²) in [6.07, 6.45) is 2.91. The Hall–Kier alpha value is -3.00. The maximum Gasteiger partial charge on any atom is 0.269 e. The van der Waals surface area contributed by atoms with Crippen LogP contribution >= 0.6 is 0 Å². The van der Waals surface area contributed by atoms with Crippen LogP contribution < -0.4 is 16.6 Å². The third-order valence-electron chi connectivity index (χ3n) is 2.80. The number of benzene rings is 1. The van der Waals surface area contributed by atoms with Crippen molar-refractivity contribution in [3.8, 4) is 0 Å². The standard InChI is InChI=1S/C13H13N5O3/c14-17-12-8-15-5-4-11(12)13(19)16-7-9-2-1-3-10(6-9)18(20)21/h1-6,8,17H,7,14H2,(H,16,19). The normalized spacial score (nSPS) is 9.95. The second kappa shape index (κ2) is 6.44. The Morgan fingerprint density at radius 1 is 1.38 bits per heavy atom. The number of pyridine rings is 1. The Balaban J connectivity index is 2.07. The summed E-state index contributed by atoms with van der Waals surface area (Å²) in [6, 6.07) is 7.60. The number of amides is 1. The number of carbonyl (C=O) groups excluding carboxylic acids is 1. The van der Waals surface area contributed by atoms with Crippen molar-refractivity contribution < 1.29 is 9.72 Å². The van der Waals surface area contributed by atoms with E-state index >= 15 is 0 Å². The highest BCUT2D eigenvalue weighted by Crippen LogP contribution is 2.14. The number of aromatic nitrogens is 1. The molecular weight excluding hydrogens is 274 g/mol. The van der Waals surface area contributed by atoms with Gasteiger partial charge in [-0.15, -0.1) is 0 Å². The number of non-ortho nitro benzene ring substituents is 1. The molecule has 0 radical (unpaired) electrons. The zero-order valence-corrected chi connectivity index (χ0v) is 10.9. The number of nitro benzene ring substituents is 1. The predicted molar refractivity (Wildman–Crippen MR) is 76.3 cm³/mol. The van der Waals surface area contributed by atoms with Gasteiger partial charge in [-0.1, -0.05) is 12.1 Å². The molecule has 8 nitrogen and oxygen atoms in total. The van der Waals surface area contributed by atoms with Gasteiger partial charge in [0.25, 0.3) is 11.6 Å². The van der Waals surface area contributed by atoms with Crippen molar-refractivity contribution in [1.82, 2.24) is 10.3 Å². The highest BCUT2D eigenvalue weighted by Gasteiger charge is 2.11. The number of hydrogen-bond donors (Lipinski definition) is 3. The number of nitrogens with two attached hydrogens (primary N) is 1. The summed E-state index contributed by atoms with van der Waals surface area (Å²) < 4.78 is 0. The molecule has 0 aliphatic heterocycles. The zero-order chi connectivity index (χ0) is 15.2. The summed E-state index contributed by atoms with van der Waals surface area (Å²) in [4.78, 5) is 26.1. The van der Waals surface area contributed by atoms with E-state index in [9.17, 15) is 14.9 Å². The van der Waals surface area contributed by atoms with Gasteiger partial charge in [0.1, 0.15) is 0 Å². The van der Waals surface area contributed by atoms with Crippen LogP contribution in [0, 0.1) is 10.1 Å². The average Bonchev–Trinajstić information content (AvgIpc) is 2.52. The average molecular weight is 287 g/mol. The lowest BCUT2D eigenvalue weighted by atomic mass is 10.2. The highest BCUT2D eigenvalue weighted by atomic mass is 16.6. The van der Waals surface area contributed by atoms with Crippen molar-refractivity contribution in [2.75, 3.05) is 5.43 Å². The molecule has 108 valence electrons. The summed E-state index contributed by atoms with van der Waals surface area (Å²) in [5.41, 5.74) is 3.74. The van der Waals surface area contributed by atoms with Crippen LogP contribution in [0.25, 0.3) is 0 Å². The van der Waals surface area contributed by atoms with E-state index in [1.54, 1.807) is 12.1 Å². The van der Waals surface area contributed by atoms with Crippen LogP contribution in [0.15, 0.2) is 42.7 Å². The molecule has 0 aliphatic carbocycles.